The van der Waals surface area contributed by atoms with Crippen molar-refractivity contribution in [2.45, 2.75) is 37.8 Å². The topological polar surface area (TPSA) is 313 Å². The molecule has 0 saturated carbocycles. The average Bonchev–Trinajstić information content (AvgIpc) is 2.54. The summed E-state index contributed by atoms with van der Waals surface area (Å²) in [7, 11) is 0. The van der Waals surface area contributed by atoms with E-state index in [4.69, 9.17) is 59.6 Å². The number of aliphatic imine (C=N–C) groups is 2. The maximum absolute atomic E-state index is 10.2. The van der Waals surface area contributed by atoms with E-state index in [2.05, 4.69) is 9.98 Å². The first-order valence-electron chi connectivity index (χ1n) is 7.80. The number of guanidine groups is 2. The number of rotatable bonds is 10. The third kappa shape index (κ3) is 37.4. The number of hydrogen-bond acceptors (Lipinski definition) is 7. The molecule has 0 aliphatic carbocycles. The molecule has 16 N–H and O–H groups in total. The van der Waals surface area contributed by atoms with Crippen LogP contribution in [0.5, 0.6) is 0 Å². The van der Waals surface area contributed by atoms with Crippen molar-refractivity contribution < 1.29 is 37.7 Å². The minimum Gasteiger partial charge on any atom is -1.00 e. The second-order valence-electron chi connectivity index (χ2n) is 5.07. The molecule has 168 valence electrons. The van der Waals surface area contributed by atoms with Gasteiger partial charge in [-0.05, 0) is 25.7 Å². The molecular formula is C13H32CaN8O7. The summed E-state index contributed by atoms with van der Waals surface area (Å²) in [6, 6.07) is -1.64. The number of carboxylic acids is 2. The number of carbonyl (C=O) groups is 3. The molecular weight excluding hydrogens is 420 g/mol. The fraction of sp³-hybridized carbons (Fsp3) is 0.615. The van der Waals surface area contributed by atoms with E-state index < -0.39 is 30.2 Å². The fourth-order valence-electron chi connectivity index (χ4n) is 1.29. The van der Waals surface area contributed by atoms with Gasteiger partial charge in [-0.1, -0.05) is 0 Å². The Bertz CT molecular complexity index is 492. The van der Waals surface area contributed by atoms with Crippen LogP contribution in [0.2, 0.25) is 0 Å². The zero-order valence-corrected chi connectivity index (χ0v) is 18.2. The van der Waals surface area contributed by atoms with Gasteiger partial charge in [-0.3, -0.25) is 19.6 Å². The van der Waals surface area contributed by atoms with E-state index in [-0.39, 0.29) is 52.5 Å². The van der Waals surface area contributed by atoms with Crippen molar-refractivity contribution in [3.05, 3.63) is 0 Å². The minimum atomic E-state index is -1.83. The van der Waals surface area contributed by atoms with E-state index in [1.54, 1.807) is 0 Å². The van der Waals surface area contributed by atoms with Crippen LogP contribution in [0.15, 0.2) is 9.98 Å². The molecule has 0 aromatic rings. The summed E-state index contributed by atoms with van der Waals surface area (Å²) in [5.41, 5.74) is 30.6. The second-order valence-corrected chi connectivity index (χ2v) is 5.07. The zero-order valence-electron chi connectivity index (χ0n) is 18.0. The maximum atomic E-state index is 10.2. The molecule has 0 amide bonds. The standard InChI is InChI=1S/2C6H14N4O2.CH2O3.Ca.2H/c2*7-4(5(11)12)2-1-3-10-6(8)9;2-1(3)4;;;/h2*4H,1-3,7H2,(H,11,12)(H4,8,9,10);(H2,2,3,4);;;/q;;;+2;2*-1/t2*4-;;;;/m00..../s1. The molecule has 16 heteroatoms. The summed E-state index contributed by atoms with van der Waals surface area (Å²) >= 11 is 0. The molecule has 2 atom stereocenters. The van der Waals surface area contributed by atoms with Crippen LogP contribution in [0.25, 0.3) is 0 Å². The van der Waals surface area contributed by atoms with Crippen molar-refractivity contribution in [2.24, 2.45) is 44.4 Å². The summed E-state index contributed by atoms with van der Waals surface area (Å²) in [6.07, 6.45) is 0.0783. The molecule has 0 aromatic carbocycles. The van der Waals surface area contributed by atoms with Gasteiger partial charge in [0.2, 0.25) is 0 Å². The number of carboxylic acid groups (broad SMARTS) is 4. The van der Waals surface area contributed by atoms with Gasteiger partial charge in [0.05, 0.1) is 0 Å². The first-order valence-corrected chi connectivity index (χ1v) is 7.80. The summed E-state index contributed by atoms with van der Waals surface area (Å²) in [5.74, 6) is -1.97. The van der Waals surface area contributed by atoms with Crippen LogP contribution in [0.3, 0.4) is 0 Å². The van der Waals surface area contributed by atoms with Crippen molar-refractivity contribution in [1.82, 2.24) is 0 Å². The summed E-state index contributed by atoms with van der Waals surface area (Å²) in [5, 5.41) is 30.7. The largest absolute Gasteiger partial charge is 2.00 e. The smallest absolute Gasteiger partial charge is 1.00 e. The van der Waals surface area contributed by atoms with Gasteiger partial charge < -0.3 is 57.7 Å². The van der Waals surface area contributed by atoms with Gasteiger partial charge in [0.1, 0.15) is 12.1 Å². The van der Waals surface area contributed by atoms with Gasteiger partial charge in [-0.25, -0.2) is 4.79 Å². The SMILES string of the molecule is NC(N)=NCCC[C@H](N)C(=O)O.NC(N)=NCCC[C@H](N)C(=O)O.O=C(O)O.[Ca+2].[H-].[H-]. The van der Waals surface area contributed by atoms with Crippen molar-refractivity contribution in [3.8, 4) is 0 Å². The number of hydrogen-bond donors (Lipinski definition) is 10. The van der Waals surface area contributed by atoms with Crippen LogP contribution in [0.4, 0.5) is 4.79 Å². The summed E-state index contributed by atoms with van der Waals surface area (Å²) in [4.78, 5) is 36.3. The van der Waals surface area contributed by atoms with E-state index in [1.807, 2.05) is 0 Å². The van der Waals surface area contributed by atoms with Crippen molar-refractivity contribution in [1.29, 1.82) is 0 Å². The van der Waals surface area contributed by atoms with Gasteiger partial charge >= 0.3 is 55.8 Å². The molecule has 0 aromatic heterocycles. The monoisotopic (exact) mass is 452 g/mol. The molecule has 0 rings (SSSR count). The quantitative estimate of drug-likeness (QED) is 0.0682. The van der Waals surface area contributed by atoms with E-state index in [9.17, 15) is 9.59 Å². The van der Waals surface area contributed by atoms with Crippen LogP contribution in [0, 0.1) is 0 Å². The fourth-order valence-corrected chi connectivity index (χ4v) is 1.29. The van der Waals surface area contributed by atoms with Crippen molar-refractivity contribution in [3.63, 3.8) is 0 Å². The van der Waals surface area contributed by atoms with Crippen molar-refractivity contribution in [2.75, 3.05) is 13.1 Å². The number of aliphatic carboxylic acids is 2. The van der Waals surface area contributed by atoms with Crippen LogP contribution in [-0.4, -0.2) is 113 Å². The van der Waals surface area contributed by atoms with Gasteiger partial charge in [0.15, 0.2) is 11.9 Å². The first kappa shape index (κ1) is 34.4. The number of nitrogens with zero attached hydrogens (tertiary/aromatic N) is 2. The maximum Gasteiger partial charge on any atom is 2.00 e. The van der Waals surface area contributed by atoms with E-state index >= 15 is 0 Å². The molecule has 0 radical (unpaired) electrons. The van der Waals surface area contributed by atoms with E-state index in [1.165, 1.54) is 0 Å². The Hall–Kier alpha value is -2.07. The predicted octanol–water partition coefficient (Wildman–Crippen LogP) is -3.03. The third-order valence-electron chi connectivity index (χ3n) is 2.57. The molecule has 0 saturated heterocycles. The van der Waals surface area contributed by atoms with Crippen LogP contribution >= 0.6 is 0 Å². The second kappa shape index (κ2) is 22.2. The van der Waals surface area contributed by atoms with Crippen LogP contribution in [0.1, 0.15) is 28.5 Å². The van der Waals surface area contributed by atoms with Crippen LogP contribution in [-0.2, 0) is 9.59 Å². The first-order chi connectivity index (χ1) is 12.8. The Morgan fingerprint density at radius 1 is 0.724 bits per heavy atom. The normalized spacial score (nSPS) is 10.8. The average molecular weight is 453 g/mol. The van der Waals surface area contributed by atoms with E-state index in [0.29, 0.717) is 38.8 Å². The molecule has 0 unspecified atom stereocenters. The molecule has 0 aliphatic rings. The van der Waals surface area contributed by atoms with Gasteiger partial charge in [0, 0.05) is 13.1 Å². The molecule has 0 bridgehead atoms. The molecule has 0 fully saturated rings. The minimum absolute atomic E-state index is 0. The summed E-state index contributed by atoms with van der Waals surface area (Å²) in [6.45, 7) is 0.840. The molecule has 29 heavy (non-hydrogen) atoms. The Morgan fingerprint density at radius 3 is 1.14 bits per heavy atom. The molecule has 0 spiro atoms. The Morgan fingerprint density at radius 2 is 0.966 bits per heavy atom. The predicted molar refractivity (Wildman–Crippen MR) is 110 cm³/mol. The number of nitrogens with two attached hydrogens (primary N) is 6. The van der Waals surface area contributed by atoms with Gasteiger partial charge in [-0.2, -0.15) is 0 Å². The molecule has 0 aliphatic heterocycles. The summed E-state index contributed by atoms with van der Waals surface area (Å²) < 4.78 is 0. The van der Waals surface area contributed by atoms with E-state index in [0.717, 1.165) is 0 Å². The third-order valence-corrected chi connectivity index (χ3v) is 2.57. The molecule has 0 heterocycles. The zero-order chi connectivity index (χ0) is 22.7. The Labute approximate surface area is 200 Å². The van der Waals surface area contributed by atoms with Crippen LogP contribution < -0.4 is 34.4 Å². The Balaban J connectivity index is -0.0000000793. The molecule has 15 nitrogen and oxygen atoms in total. The Kier molecular flexibility index (Phi) is 26.4. The van der Waals surface area contributed by atoms with Gasteiger partial charge in [0.25, 0.3) is 0 Å². The van der Waals surface area contributed by atoms with Crippen molar-refractivity contribution >= 4 is 67.8 Å². The van der Waals surface area contributed by atoms with Gasteiger partial charge in [-0.15, -0.1) is 0 Å².